The Morgan fingerprint density at radius 1 is 1.32 bits per heavy atom. The fourth-order valence-electron chi connectivity index (χ4n) is 3.89. The van der Waals surface area contributed by atoms with E-state index in [9.17, 15) is 9.59 Å². The van der Waals surface area contributed by atoms with Crippen molar-refractivity contribution < 1.29 is 9.53 Å². The fraction of sp³-hybridized carbons (Fsp3) is 0.611. The molecule has 1 amide bonds. The van der Waals surface area contributed by atoms with Gasteiger partial charge in [0.05, 0.1) is 24.3 Å². The van der Waals surface area contributed by atoms with Crippen LogP contribution in [0.15, 0.2) is 10.9 Å². The van der Waals surface area contributed by atoms with Gasteiger partial charge in [-0.15, -0.1) is 0 Å². The summed E-state index contributed by atoms with van der Waals surface area (Å²) in [7, 11) is 0. The normalized spacial score (nSPS) is 24.2. The molecule has 4 heterocycles. The summed E-state index contributed by atoms with van der Waals surface area (Å²) in [5, 5.41) is 3.19. The van der Waals surface area contributed by atoms with Crippen LogP contribution >= 0.6 is 0 Å². The maximum absolute atomic E-state index is 12.9. The minimum atomic E-state index is -0.0772. The molecule has 0 aromatic carbocycles. The van der Waals surface area contributed by atoms with Gasteiger partial charge in [0.25, 0.3) is 5.56 Å². The first-order chi connectivity index (χ1) is 12.1. The van der Waals surface area contributed by atoms with E-state index in [2.05, 4.69) is 10.1 Å². The van der Waals surface area contributed by atoms with E-state index < -0.39 is 0 Å². The highest BCUT2D eigenvalue weighted by Gasteiger charge is 2.35. The molecule has 2 fully saturated rings. The average molecular weight is 344 g/mol. The van der Waals surface area contributed by atoms with Gasteiger partial charge >= 0.3 is 0 Å². The number of fused-ring (bicyclic) bond motifs is 1. The molecular formula is C18H24N4O3. The third-order valence-electron chi connectivity index (χ3n) is 5.53. The molecule has 0 aliphatic carbocycles. The summed E-state index contributed by atoms with van der Waals surface area (Å²) in [6.07, 6.45) is 3.80. The minimum Gasteiger partial charge on any atom is -0.381 e. The van der Waals surface area contributed by atoms with Crippen LogP contribution < -0.4 is 5.56 Å². The van der Waals surface area contributed by atoms with Crippen molar-refractivity contribution in [3.63, 3.8) is 0 Å². The molecule has 25 heavy (non-hydrogen) atoms. The van der Waals surface area contributed by atoms with E-state index in [4.69, 9.17) is 4.74 Å². The van der Waals surface area contributed by atoms with E-state index in [1.807, 2.05) is 17.9 Å². The van der Waals surface area contributed by atoms with E-state index in [-0.39, 0.29) is 23.4 Å². The largest absolute Gasteiger partial charge is 0.381 e. The summed E-state index contributed by atoms with van der Waals surface area (Å²) >= 11 is 0. The van der Waals surface area contributed by atoms with Crippen molar-refractivity contribution in [3.8, 4) is 0 Å². The number of piperidine rings is 1. The molecule has 134 valence electrons. The maximum Gasteiger partial charge on any atom is 0.275 e. The molecule has 4 rings (SSSR count). The number of nitrogens with one attached hydrogen (secondary N) is 1. The summed E-state index contributed by atoms with van der Waals surface area (Å²) in [6, 6.07) is 1.89. The quantitative estimate of drug-likeness (QED) is 0.900. The number of aromatic amines is 1. The van der Waals surface area contributed by atoms with Crippen molar-refractivity contribution in [2.45, 2.75) is 45.6 Å². The molecule has 0 unspecified atom stereocenters. The zero-order valence-corrected chi connectivity index (χ0v) is 14.7. The number of H-pyrrole nitrogens is 1. The molecule has 7 nitrogen and oxygen atoms in total. The summed E-state index contributed by atoms with van der Waals surface area (Å²) in [6.45, 7) is 5.58. The van der Waals surface area contributed by atoms with E-state index in [1.54, 1.807) is 6.92 Å². The molecule has 7 heteroatoms. The lowest BCUT2D eigenvalue weighted by Crippen LogP contribution is -2.42. The van der Waals surface area contributed by atoms with E-state index >= 15 is 0 Å². The number of aryl methyl sites for hydroxylation is 1. The Kier molecular flexibility index (Phi) is 4.11. The number of hydrogen-bond donors (Lipinski definition) is 1. The fourth-order valence-corrected chi connectivity index (χ4v) is 3.89. The highest BCUT2D eigenvalue weighted by Crippen LogP contribution is 2.32. The third kappa shape index (κ3) is 2.76. The van der Waals surface area contributed by atoms with Gasteiger partial charge in [-0.2, -0.15) is 0 Å². The number of rotatable bonds is 2. The van der Waals surface area contributed by atoms with Gasteiger partial charge < -0.3 is 9.64 Å². The van der Waals surface area contributed by atoms with Gasteiger partial charge in [-0.1, -0.05) is 0 Å². The van der Waals surface area contributed by atoms with Crippen LogP contribution in [-0.4, -0.2) is 45.2 Å². The Hall–Kier alpha value is -2.15. The second-order valence-corrected chi connectivity index (χ2v) is 7.14. The van der Waals surface area contributed by atoms with E-state index in [0.29, 0.717) is 24.4 Å². The molecule has 2 aliphatic rings. The number of hydrogen-bond acceptors (Lipinski definition) is 4. The van der Waals surface area contributed by atoms with Gasteiger partial charge in [-0.05, 0) is 39.5 Å². The van der Waals surface area contributed by atoms with Crippen LogP contribution in [0.5, 0.6) is 0 Å². The molecule has 2 saturated heterocycles. The topological polar surface area (TPSA) is 79.7 Å². The molecule has 2 atom stereocenters. The predicted octanol–water partition coefficient (Wildman–Crippen LogP) is 1.73. The number of nitrogens with zero attached hydrogens (tertiary/aromatic N) is 3. The first-order valence-electron chi connectivity index (χ1n) is 9.03. The molecule has 2 aromatic rings. The summed E-state index contributed by atoms with van der Waals surface area (Å²) in [5.41, 5.74) is 2.82. The third-order valence-corrected chi connectivity index (χ3v) is 5.53. The van der Waals surface area contributed by atoms with Gasteiger partial charge in [0, 0.05) is 30.5 Å². The molecule has 0 radical (unpaired) electrons. The zero-order valence-electron chi connectivity index (χ0n) is 14.7. The van der Waals surface area contributed by atoms with Crippen LogP contribution in [-0.2, 0) is 9.53 Å². The van der Waals surface area contributed by atoms with Gasteiger partial charge in [0.1, 0.15) is 0 Å². The van der Waals surface area contributed by atoms with Gasteiger partial charge in [-0.25, -0.2) is 9.50 Å². The lowest BCUT2D eigenvalue weighted by atomic mass is 9.96. The van der Waals surface area contributed by atoms with Crippen LogP contribution in [0.3, 0.4) is 0 Å². The second kappa shape index (κ2) is 6.29. The van der Waals surface area contributed by atoms with Crippen molar-refractivity contribution >= 4 is 11.6 Å². The van der Waals surface area contributed by atoms with Crippen molar-refractivity contribution in [2.24, 2.45) is 5.92 Å². The molecule has 0 saturated carbocycles. The molecule has 1 N–H and O–H groups in total. The molecule has 2 aromatic heterocycles. The molecular weight excluding hydrogens is 320 g/mol. The van der Waals surface area contributed by atoms with Crippen LogP contribution in [0.4, 0.5) is 0 Å². The van der Waals surface area contributed by atoms with Gasteiger partial charge in [0.15, 0.2) is 5.65 Å². The smallest absolute Gasteiger partial charge is 0.275 e. The number of carbonyl (C=O) groups is 1. The van der Waals surface area contributed by atoms with Crippen molar-refractivity contribution in [1.82, 2.24) is 19.5 Å². The number of ether oxygens (including phenoxy) is 1. The van der Waals surface area contributed by atoms with Crippen molar-refractivity contribution in [2.75, 3.05) is 19.8 Å². The van der Waals surface area contributed by atoms with Crippen LogP contribution in [0.2, 0.25) is 0 Å². The molecule has 0 bridgehead atoms. The maximum atomic E-state index is 12.9. The lowest BCUT2D eigenvalue weighted by Gasteiger charge is -2.36. The Balaban J connectivity index is 1.71. The number of amides is 1. The lowest BCUT2D eigenvalue weighted by molar-refractivity contribution is -0.139. The number of likely N-dealkylation sites (tertiary alicyclic amines) is 1. The molecule has 2 aliphatic heterocycles. The highest BCUT2D eigenvalue weighted by atomic mass is 16.5. The first-order valence-corrected chi connectivity index (χ1v) is 9.03. The average Bonchev–Trinajstić information content (AvgIpc) is 3.29. The minimum absolute atomic E-state index is 0.0245. The van der Waals surface area contributed by atoms with Crippen LogP contribution in [0.25, 0.3) is 5.65 Å². The summed E-state index contributed by atoms with van der Waals surface area (Å²) in [4.78, 5) is 31.9. The summed E-state index contributed by atoms with van der Waals surface area (Å²) in [5.74, 6) is 0.142. The Bertz CT molecular complexity index is 863. The first kappa shape index (κ1) is 16.3. The van der Waals surface area contributed by atoms with Crippen molar-refractivity contribution in [1.29, 1.82) is 0 Å². The van der Waals surface area contributed by atoms with Crippen LogP contribution in [0.1, 0.15) is 48.7 Å². The Morgan fingerprint density at radius 2 is 2.16 bits per heavy atom. The molecule has 0 spiro atoms. The van der Waals surface area contributed by atoms with E-state index in [0.717, 1.165) is 43.6 Å². The monoisotopic (exact) mass is 344 g/mol. The standard InChI is InChI=1S/C18H24N4O3/c1-11-12(2)19-16-9-14(20-22(16)17(11)23)15-5-3-4-7-21(15)18(24)13-6-8-25-10-13/h9,13,15,20H,3-8,10H2,1-2H3/t13-,15+/m1/s1. The predicted molar refractivity (Wildman–Crippen MR) is 92.5 cm³/mol. The van der Waals surface area contributed by atoms with Crippen molar-refractivity contribution in [3.05, 3.63) is 33.4 Å². The van der Waals surface area contributed by atoms with Gasteiger partial charge in [0.2, 0.25) is 5.91 Å². The number of aromatic nitrogens is 3. The SMILES string of the molecule is Cc1nc2cc([C@@H]3CCCCN3C(=O)[C@@H]3CCOC3)[nH]n2c(=O)c1C. The zero-order chi connectivity index (χ0) is 17.6. The van der Waals surface area contributed by atoms with Crippen LogP contribution in [0, 0.1) is 19.8 Å². The van der Waals surface area contributed by atoms with Gasteiger partial charge in [-0.3, -0.25) is 14.7 Å². The summed E-state index contributed by atoms with van der Waals surface area (Å²) < 4.78 is 6.88. The Morgan fingerprint density at radius 3 is 2.92 bits per heavy atom. The Labute approximate surface area is 146 Å². The van der Waals surface area contributed by atoms with E-state index in [1.165, 1.54) is 4.52 Å². The highest BCUT2D eigenvalue weighted by molar-refractivity contribution is 5.79. The number of carbonyl (C=O) groups excluding carboxylic acids is 1. The second-order valence-electron chi connectivity index (χ2n) is 7.14.